The standard InChI is InChI=1S/C15H16BrCl2NOS/c1-3-19-12(10-8-14(17)21-15(10)18)7-9-4-5-13(20-2)11(16)6-9/h4-6,8,12,19H,3,7H2,1-2H3. The molecule has 1 unspecified atom stereocenters. The molecule has 1 aromatic carbocycles. The van der Waals surface area contributed by atoms with E-state index in [0.717, 1.165) is 33.1 Å². The number of methoxy groups -OCH3 is 1. The summed E-state index contributed by atoms with van der Waals surface area (Å²) in [5, 5.41) is 3.47. The quantitative estimate of drug-likeness (QED) is 0.659. The number of rotatable bonds is 6. The minimum absolute atomic E-state index is 0.145. The van der Waals surface area contributed by atoms with E-state index in [0.29, 0.717) is 4.34 Å². The summed E-state index contributed by atoms with van der Waals surface area (Å²) in [5.41, 5.74) is 2.26. The number of halogens is 3. The van der Waals surface area contributed by atoms with Crippen molar-refractivity contribution in [1.82, 2.24) is 5.32 Å². The Morgan fingerprint density at radius 2 is 2.10 bits per heavy atom. The van der Waals surface area contributed by atoms with Gasteiger partial charge in [-0.3, -0.25) is 0 Å². The predicted octanol–water partition coefficient (Wildman–Crippen LogP) is 5.72. The maximum absolute atomic E-state index is 6.29. The van der Waals surface area contributed by atoms with Gasteiger partial charge in [0.05, 0.1) is 20.3 Å². The molecular weight excluding hydrogens is 393 g/mol. The highest BCUT2D eigenvalue weighted by atomic mass is 79.9. The topological polar surface area (TPSA) is 21.3 Å². The molecule has 2 nitrogen and oxygen atoms in total. The van der Waals surface area contributed by atoms with E-state index in [2.05, 4.69) is 40.3 Å². The highest BCUT2D eigenvalue weighted by Crippen LogP contribution is 2.36. The van der Waals surface area contributed by atoms with Crippen LogP contribution in [0.15, 0.2) is 28.7 Å². The van der Waals surface area contributed by atoms with Crippen molar-refractivity contribution in [3.05, 3.63) is 48.5 Å². The Morgan fingerprint density at radius 3 is 2.62 bits per heavy atom. The second-order valence-corrected chi connectivity index (χ2v) is 7.70. The van der Waals surface area contributed by atoms with E-state index >= 15 is 0 Å². The van der Waals surface area contributed by atoms with Gasteiger partial charge in [-0.15, -0.1) is 11.3 Å². The maximum atomic E-state index is 6.29. The van der Waals surface area contributed by atoms with Crippen LogP contribution in [0.1, 0.15) is 24.1 Å². The number of hydrogen-bond donors (Lipinski definition) is 1. The minimum atomic E-state index is 0.145. The summed E-state index contributed by atoms with van der Waals surface area (Å²) in [6.45, 7) is 2.95. The van der Waals surface area contributed by atoms with Gasteiger partial charge in [0.1, 0.15) is 5.75 Å². The van der Waals surface area contributed by atoms with Crippen molar-refractivity contribution in [3.8, 4) is 5.75 Å². The molecule has 0 spiro atoms. The third kappa shape index (κ3) is 4.36. The van der Waals surface area contributed by atoms with Crippen molar-refractivity contribution in [3.63, 3.8) is 0 Å². The fraction of sp³-hybridized carbons (Fsp3) is 0.333. The lowest BCUT2D eigenvalue weighted by Gasteiger charge is -2.18. The van der Waals surface area contributed by atoms with E-state index in [9.17, 15) is 0 Å². The van der Waals surface area contributed by atoms with Crippen molar-refractivity contribution in [2.45, 2.75) is 19.4 Å². The zero-order chi connectivity index (χ0) is 15.4. The first-order valence-corrected chi connectivity index (χ1v) is 8.92. The molecular formula is C15H16BrCl2NOS. The Hall–Kier alpha value is -0.260. The number of thiophene rings is 1. The van der Waals surface area contributed by atoms with Gasteiger partial charge in [-0.05, 0) is 52.7 Å². The average molecular weight is 409 g/mol. The van der Waals surface area contributed by atoms with Gasteiger partial charge in [-0.25, -0.2) is 0 Å². The normalized spacial score (nSPS) is 12.4. The predicted molar refractivity (Wildman–Crippen MR) is 95.2 cm³/mol. The van der Waals surface area contributed by atoms with Gasteiger partial charge in [0, 0.05) is 11.6 Å². The Morgan fingerprint density at radius 1 is 1.33 bits per heavy atom. The van der Waals surface area contributed by atoms with Gasteiger partial charge in [0.2, 0.25) is 0 Å². The van der Waals surface area contributed by atoms with E-state index in [4.69, 9.17) is 27.9 Å². The van der Waals surface area contributed by atoms with Gasteiger partial charge in [-0.1, -0.05) is 36.2 Å². The van der Waals surface area contributed by atoms with Crippen LogP contribution in [0.25, 0.3) is 0 Å². The summed E-state index contributed by atoms with van der Waals surface area (Å²) in [4.78, 5) is 0. The Kier molecular flexibility index (Phi) is 6.38. The maximum Gasteiger partial charge on any atom is 0.133 e. The highest BCUT2D eigenvalue weighted by molar-refractivity contribution is 9.10. The zero-order valence-electron chi connectivity index (χ0n) is 11.8. The molecule has 0 bridgehead atoms. The molecule has 0 aliphatic rings. The van der Waals surface area contributed by atoms with Crippen LogP contribution < -0.4 is 10.1 Å². The number of nitrogens with one attached hydrogen (secondary N) is 1. The molecule has 0 saturated heterocycles. The Labute approximate surface area is 147 Å². The molecule has 114 valence electrons. The van der Waals surface area contributed by atoms with Crippen LogP contribution in [0.3, 0.4) is 0 Å². The third-order valence-corrected chi connectivity index (χ3v) is 5.30. The van der Waals surface area contributed by atoms with Gasteiger partial charge in [0.25, 0.3) is 0 Å². The third-order valence-electron chi connectivity index (χ3n) is 3.17. The first-order valence-electron chi connectivity index (χ1n) is 6.55. The SMILES string of the molecule is CCNC(Cc1ccc(OC)c(Br)c1)c1cc(Cl)sc1Cl. The van der Waals surface area contributed by atoms with E-state index < -0.39 is 0 Å². The average Bonchev–Trinajstić information content (AvgIpc) is 2.77. The first kappa shape index (κ1) is 17.1. The lowest BCUT2D eigenvalue weighted by Crippen LogP contribution is -2.22. The van der Waals surface area contributed by atoms with Crippen LogP contribution in [0.5, 0.6) is 5.75 Å². The minimum Gasteiger partial charge on any atom is -0.496 e. The van der Waals surface area contributed by atoms with Crippen molar-refractivity contribution in [2.75, 3.05) is 13.7 Å². The second-order valence-electron chi connectivity index (χ2n) is 4.56. The van der Waals surface area contributed by atoms with E-state index in [1.807, 2.05) is 12.1 Å². The summed E-state index contributed by atoms with van der Waals surface area (Å²) < 4.78 is 7.68. The molecule has 0 saturated carbocycles. The van der Waals surface area contributed by atoms with E-state index in [-0.39, 0.29) is 6.04 Å². The fourth-order valence-electron chi connectivity index (χ4n) is 2.20. The smallest absolute Gasteiger partial charge is 0.133 e. The van der Waals surface area contributed by atoms with Crippen LogP contribution >= 0.6 is 50.5 Å². The van der Waals surface area contributed by atoms with Crippen LogP contribution in [0, 0.1) is 0 Å². The summed E-state index contributed by atoms with van der Waals surface area (Å²) in [6.07, 6.45) is 0.837. The van der Waals surface area contributed by atoms with Gasteiger partial charge in [-0.2, -0.15) is 0 Å². The van der Waals surface area contributed by atoms with Crippen molar-refractivity contribution >= 4 is 50.5 Å². The van der Waals surface area contributed by atoms with Crippen molar-refractivity contribution in [1.29, 1.82) is 0 Å². The zero-order valence-corrected chi connectivity index (χ0v) is 15.7. The van der Waals surface area contributed by atoms with Gasteiger partial charge < -0.3 is 10.1 Å². The van der Waals surface area contributed by atoms with Crippen LogP contribution in [0.2, 0.25) is 8.67 Å². The fourth-order valence-corrected chi connectivity index (χ4v) is 4.37. The lowest BCUT2D eigenvalue weighted by atomic mass is 10.0. The Balaban J connectivity index is 2.24. The van der Waals surface area contributed by atoms with E-state index in [1.54, 1.807) is 7.11 Å². The van der Waals surface area contributed by atoms with Crippen LogP contribution in [-0.4, -0.2) is 13.7 Å². The summed E-state index contributed by atoms with van der Waals surface area (Å²) in [7, 11) is 1.66. The lowest BCUT2D eigenvalue weighted by molar-refractivity contribution is 0.412. The van der Waals surface area contributed by atoms with Crippen LogP contribution in [0.4, 0.5) is 0 Å². The second kappa shape index (κ2) is 7.84. The van der Waals surface area contributed by atoms with Crippen LogP contribution in [-0.2, 0) is 6.42 Å². The number of ether oxygens (including phenoxy) is 1. The van der Waals surface area contributed by atoms with Crippen molar-refractivity contribution < 1.29 is 4.74 Å². The largest absolute Gasteiger partial charge is 0.496 e. The molecule has 21 heavy (non-hydrogen) atoms. The van der Waals surface area contributed by atoms with Gasteiger partial charge in [0.15, 0.2) is 0 Å². The molecule has 1 aromatic heterocycles. The first-order chi connectivity index (χ1) is 10.0. The molecule has 0 aliphatic heterocycles. The number of benzene rings is 1. The number of likely N-dealkylation sites (N-methyl/N-ethyl adjacent to an activating group) is 1. The monoisotopic (exact) mass is 407 g/mol. The molecule has 0 radical (unpaired) electrons. The van der Waals surface area contributed by atoms with Gasteiger partial charge >= 0.3 is 0 Å². The molecule has 2 rings (SSSR count). The molecule has 6 heteroatoms. The molecule has 0 fully saturated rings. The van der Waals surface area contributed by atoms with E-state index in [1.165, 1.54) is 16.9 Å². The molecule has 0 amide bonds. The summed E-state index contributed by atoms with van der Waals surface area (Å²) in [6, 6.07) is 8.19. The Bertz CT molecular complexity index is 618. The molecule has 1 atom stereocenters. The number of hydrogen-bond acceptors (Lipinski definition) is 3. The summed E-state index contributed by atoms with van der Waals surface area (Å²) >= 11 is 17.3. The van der Waals surface area contributed by atoms with Crippen molar-refractivity contribution in [2.24, 2.45) is 0 Å². The summed E-state index contributed by atoms with van der Waals surface area (Å²) in [5.74, 6) is 0.829. The molecule has 0 aliphatic carbocycles. The molecule has 1 heterocycles. The highest BCUT2D eigenvalue weighted by Gasteiger charge is 2.18. The molecule has 1 N–H and O–H groups in total. The molecule has 2 aromatic rings.